The molecule has 18 heavy (non-hydrogen) atoms. The van der Waals surface area contributed by atoms with Gasteiger partial charge in [0.05, 0.1) is 6.10 Å². The molecule has 0 aliphatic rings. The van der Waals surface area contributed by atoms with E-state index in [4.69, 9.17) is 5.73 Å². The van der Waals surface area contributed by atoms with E-state index in [1.165, 1.54) is 13.1 Å². The van der Waals surface area contributed by atoms with Crippen LogP contribution in [0.25, 0.3) is 0 Å². The van der Waals surface area contributed by atoms with Gasteiger partial charge in [-0.2, -0.15) is 0 Å². The summed E-state index contributed by atoms with van der Waals surface area (Å²) in [5.74, 6) is 0.236. The summed E-state index contributed by atoms with van der Waals surface area (Å²) in [5, 5.41) is 22.3. The van der Waals surface area contributed by atoms with E-state index in [-0.39, 0.29) is 12.3 Å². The molecule has 0 saturated carbocycles. The molecule has 100 valence electrons. The number of nitrogens with one attached hydrogen (secondary N) is 1. The molecule has 1 amide bonds. The number of amides is 1. The van der Waals surface area contributed by atoms with Gasteiger partial charge in [0.15, 0.2) is 0 Å². The van der Waals surface area contributed by atoms with E-state index in [2.05, 4.69) is 10.3 Å². The van der Waals surface area contributed by atoms with E-state index in [0.29, 0.717) is 17.9 Å². The van der Waals surface area contributed by atoms with Crippen LogP contribution in [-0.4, -0.2) is 33.8 Å². The van der Waals surface area contributed by atoms with Crippen LogP contribution in [0.3, 0.4) is 0 Å². The van der Waals surface area contributed by atoms with Crippen molar-refractivity contribution in [2.45, 2.75) is 32.5 Å². The highest BCUT2D eigenvalue weighted by Crippen LogP contribution is 2.20. The SMILES string of the molecule is CC(=O)NCCC(O)C(O)c1cnc(N)c(C)c1. The van der Waals surface area contributed by atoms with Gasteiger partial charge in [-0.05, 0) is 25.0 Å². The van der Waals surface area contributed by atoms with Crippen molar-refractivity contribution in [1.82, 2.24) is 10.3 Å². The van der Waals surface area contributed by atoms with Crippen molar-refractivity contribution < 1.29 is 15.0 Å². The molecule has 1 aromatic heterocycles. The molecule has 6 nitrogen and oxygen atoms in total. The average molecular weight is 253 g/mol. The summed E-state index contributed by atoms with van der Waals surface area (Å²) in [5.41, 5.74) is 6.84. The third-order valence-electron chi connectivity index (χ3n) is 2.66. The summed E-state index contributed by atoms with van der Waals surface area (Å²) in [4.78, 5) is 14.6. The fourth-order valence-corrected chi connectivity index (χ4v) is 1.54. The summed E-state index contributed by atoms with van der Waals surface area (Å²) >= 11 is 0. The van der Waals surface area contributed by atoms with Crippen molar-refractivity contribution in [2.75, 3.05) is 12.3 Å². The van der Waals surface area contributed by atoms with Gasteiger partial charge in [0, 0.05) is 25.2 Å². The molecule has 2 unspecified atom stereocenters. The lowest BCUT2D eigenvalue weighted by Gasteiger charge is -2.18. The number of anilines is 1. The summed E-state index contributed by atoms with van der Waals surface area (Å²) < 4.78 is 0. The van der Waals surface area contributed by atoms with E-state index >= 15 is 0 Å². The van der Waals surface area contributed by atoms with Gasteiger partial charge in [-0.3, -0.25) is 4.79 Å². The van der Waals surface area contributed by atoms with Gasteiger partial charge in [-0.1, -0.05) is 0 Å². The van der Waals surface area contributed by atoms with Crippen molar-refractivity contribution in [3.8, 4) is 0 Å². The van der Waals surface area contributed by atoms with Crippen molar-refractivity contribution in [2.24, 2.45) is 0 Å². The molecule has 0 aliphatic carbocycles. The standard InChI is InChI=1S/C12H19N3O3/c1-7-5-9(6-15-12(7)13)11(18)10(17)3-4-14-8(2)16/h5-6,10-11,17-18H,3-4H2,1-2H3,(H2,13,15)(H,14,16). The second-order valence-electron chi connectivity index (χ2n) is 4.25. The van der Waals surface area contributed by atoms with Gasteiger partial charge in [-0.15, -0.1) is 0 Å². The number of nitrogens with two attached hydrogens (primary N) is 1. The predicted molar refractivity (Wildman–Crippen MR) is 67.7 cm³/mol. The fourth-order valence-electron chi connectivity index (χ4n) is 1.54. The first kappa shape index (κ1) is 14.4. The molecule has 0 bridgehead atoms. The van der Waals surface area contributed by atoms with Gasteiger partial charge in [0.1, 0.15) is 11.9 Å². The summed E-state index contributed by atoms with van der Waals surface area (Å²) in [7, 11) is 0. The minimum absolute atomic E-state index is 0.165. The van der Waals surface area contributed by atoms with Crippen LogP contribution >= 0.6 is 0 Å². The maximum absolute atomic E-state index is 10.7. The van der Waals surface area contributed by atoms with Crippen LogP contribution in [0.1, 0.15) is 30.6 Å². The number of carbonyl (C=O) groups excluding carboxylic acids is 1. The zero-order chi connectivity index (χ0) is 13.7. The van der Waals surface area contributed by atoms with Crippen molar-refractivity contribution in [3.05, 3.63) is 23.4 Å². The molecular formula is C12H19N3O3. The summed E-state index contributed by atoms with van der Waals surface area (Å²) in [6, 6.07) is 1.69. The topological polar surface area (TPSA) is 108 Å². The Morgan fingerprint density at radius 1 is 1.56 bits per heavy atom. The number of hydrogen-bond donors (Lipinski definition) is 4. The molecule has 1 rings (SSSR count). The Kier molecular flexibility index (Phi) is 5.06. The Hall–Kier alpha value is -1.66. The number of aryl methyl sites for hydroxylation is 1. The average Bonchev–Trinajstić information content (AvgIpc) is 2.31. The second kappa shape index (κ2) is 6.32. The summed E-state index contributed by atoms with van der Waals surface area (Å²) in [6.07, 6.45) is -0.286. The molecule has 0 aromatic carbocycles. The predicted octanol–water partition coefficient (Wildman–Crippen LogP) is -0.107. The number of nitrogens with zero attached hydrogens (tertiary/aromatic N) is 1. The van der Waals surface area contributed by atoms with Gasteiger partial charge < -0.3 is 21.3 Å². The third kappa shape index (κ3) is 3.97. The number of aliphatic hydroxyl groups is 2. The Balaban J connectivity index is 2.59. The van der Waals surface area contributed by atoms with Gasteiger partial charge >= 0.3 is 0 Å². The smallest absolute Gasteiger partial charge is 0.216 e. The number of aliphatic hydroxyl groups excluding tert-OH is 2. The van der Waals surface area contributed by atoms with E-state index < -0.39 is 12.2 Å². The lowest BCUT2D eigenvalue weighted by Crippen LogP contribution is -2.27. The molecular weight excluding hydrogens is 234 g/mol. The van der Waals surface area contributed by atoms with Crippen LogP contribution < -0.4 is 11.1 Å². The molecule has 6 heteroatoms. The second-order valence-corrected chi connectivity index (χ2v) is 4.25. The van der Waals surface area contributed by atoms with Crippen molar-refractivity contribution in [1.29, 1.82) is 0 Å². The van der Waals surface area contributed by atoms with Crippen LogP contribution in [0.4, 0.5) is 5.82 Å². The highest BCUT2D eigenvalue weighted by molar-refractivity contribution is 5.72. The lowest BCUT2D eigenvalue weighted by molar-refractivity contribution is -0.119. The van der Waals surface area contributed by atoms with Crippen LogP contribution in [0, 0.1) is 6.92 Å². The monoisotopic (exact) mass is 253 g/mol. The number of carbonyl (C=O) groups is 1. The van der Waals surface area contributed by atoms with Gasteiger partial charge in [0.25, 0.3) is 0 Å². The molecule has 1 heterocycles. The highest BCUT2D eigenvalue weighted by Gasteiger charge is 2.19. The van der Waals surface area contributed by atoms with Crippen molar-refractivity contribution in [3.63, 3.8) is 0 Å². The molecule has 0 saturated heterocycles. The van der Waals surface area contributed by atoms with E-state index in [0.717, 1.165) is 5.56 Å². The summed E-state index contributed by atoms with van der Waals surface area (Å²) in [6.45, 7) is 3.49. The fraction of sp³-hybridized carbons (Fsp3) is 0.500. The number of aromatic nitrogens is 1. The molecule has 5 N–H and O–H groups in total. The Labute approximate surface area is 106 Å². The number of rotatable bonds is 5. The van der Waals surface area contributed by atoms with E-state index in [9.17, 15) is 15.0 Å². The zero-order valence-corrected chi connectivity index (χ0v) is 10.6. The zero-order valence-electron chi connectivity index (χ0n) is 10.6. The number of nitrogen functional groups attached to an aromatic ring is 1. The first-order valence-corrected chi connectivity index (χ1v) is 5.74. The first-order valence-electron chi connectivity index (χ1n) is 5.74. The minimum Gasteiger partial charge on any atom is -0.390 e. The van der Waals surface area contributed by atoms with Crippen molar-refractivity contribution >= 4 is 11.7 Å². The molecule has 2 atom stereocenters. The lowest BCUT2D eigenvalue weighted by atomic mass is 10.0. The maximum Gasteiger partial charge on any atom is 0.216 e. The minimum atomic E-state index is -1.04. The molecule has 0 radical (unpaired) electrons. The normalized spacial score (nSPS) is 14.0. The number of pyridine rings is 1. The first-order chi connectivity index (χ1) is 8.41. The highest BCUT2D eigenvalue weighted by atomic mass is 16.3. The van der Waals surface area contributed by atoms with E-state index in [1.54, 1.807) is 13.0 Å². The molecule has 0 spiro atoms. The quantitative estimate of drug-likeness (QED) is 0.585. The van der Waals surface area contributed by atoms with Crippen LogP contribution in [0.15, 0.2) is 12.3 Å². The molecule has 0 aliphatic heterocycles. The number of hydrogen-bond acceptors (Lipinski definition) is 5. The van der Waals surface area contributed by atoms with Crippen LogP contribution in [0.5, 0.6) is 0 Å². The van der Waals surface area contributed by atoms with Crippen LogP contribution in [0.2, 0.25) is 0 Å². The van der Waals surface area contributed by atoms with Crippen LogP contribution in [-0.2, 0) is 4.79 Å². The Morgan fingerprint density at radius 3 is 2.78 bits per heavy atom. The Bertz CT molecular complexity index is 423. The van der Waals surface area contributed by atoms with Gasteiger partial charge in [-0.25, -0.2) is 4.98 Å². The Morgan fingerprint density at radius 2 is 2.22 bits per heavy atom. The molecule has 0 fully saturated rings. The largest absolute Gasteiger partial charge is 0.390 e. The molecule has 1 aromatic rings. The third-order valence-corrected chi connectivity index (χ3v) is 2.66. The van der Waals surface area contributed by atoms with E-state index in [1.807, 2.05) is 0 Å². The maximum atomic E-state index is 10.7. The van der Waals surface area contributed by atoms with Gasteiger partial charge in [0.2, 0.25) is 5.91 Å².